The number of hydrogen-bond acceptors (Lipinski definition) is 2. The summed E-state index contributed by atoms with van der Waals surface area (Å²) in [6.07, 6.45) is 2.03. The number of rotatable bonds is 3. The Hall–Kier alpha value is -0.640. The maximum atomic E-state index is 13.5. The van der Waals surface area contributed by atoms with Gasteiger partial charge in [-0.3, -0.25) is 0 Å². The number of ether oxygens (including phenoxy) is 1. The molecule has 1 saturated heterocycles. The van der Waals surface area contributed by atoms with Gasteiger partial charge in [-0.1, -0.05) is 17.7 Å². The predicted octanol–water partition coefficient (Wildman–Crippen LogP) is 3.62. The van der Waals surface area contributed by atoms with Crippen LogP contribution in [0.3, 0.4) is 0 Å². The lowest BCUT2D eigenvalue weighted by Crippen LogP contribution is -2.39. The first kappa shape index (κ1) is 13.8. The molecule has 18 heavy (non-hydrogen) atoms. The molecule has 1 aromatic rings. The van der Waals surface area contributed by atoms with Gasteiger partial charge >= 0.3 is 0 Å². The molecular formula is C14H19ClFNO. The minimum atomic E-state index is -0.275. The van der Waals surface area contributed by atoms with Gasteiger partial charge in [-0.25, -0.2) is 4.39 Å². The topological polar surface area (TPSA) is 21.3 Å². The minimum absolute atomic E-state index is 0.0215. The van der Waals surface area contributed by atoms with E-state index in [0.29, 0.717) is 10.6 Å². The Morgan fingerprint density at radius 2 is 2.22 bits per heavy atom. The van der Waals surface area contributed by atoms with Crippen molar-refractivity contribution >= 4 is 11.6 Å². The summed E-state index contributed by atoms with van der Waals surface area (Å²) in [5, 5.41) is 3.71. The molecule has 1 N–H and O–H groups in total. The van der Waals surface area contributed by atoms with Gasteiger partial charge in [0.15, 0.2) is 0 Å². The predicted molar refractivity (Wildman–Crippen MR) is 71.5 cm³/mol. The molecule has 1 aliphatic rings. The maximum Gasteiger partial charge on any atom is 0.127 e. The first-order valence-corrected chi connectivity index (χ1v) is 6.62. The summed E-state index contributed by atoms with van der Waals surface area (Å²) in [6, 6.07) is 3.17. The third kappa shape index (κ3) is 2.40. The quantitative estimate of drug-likeness (QED) is 0.907. The number of likely N-dealkylation sites (N-methyl/N-ethyl adjacent to an activating group) is 1. The van der Waals surface area contributed by atoms with E-state index in [4.69, 9.17) is 16.3 Å². The van der Waals surface area contributed by atoms with Gasteiger partial charge in [-0.05, 0) is 50.9 Å². The van der Waals surface area contributed by atoms with Gasteiger partial charge in [0.2, 0.25) is 0 Å². The Bertz CT molecular complexity index is 444. The molecule has 0 spiro atoms. The van der Waals surface area contributed by atoms with E-state index in [1.54, 1.807) is 6.92 Å². The normalized spacial score (nSPS) is 25.4. The molecule has 1 aromatic carbocycles. The van der Waals surface area contributed by atoms with E-state index in [0.717, 1.165) is 25.0 Å². The summed E-state index contributed by atoms with van der Waals surface area (Å²) in [6.45, 7) is 4.60. The number of benzene rings is 1. The second-order valence-electron chi connectivity index (χ2n) is 5.11. The van der Waals surface area contributed by atoms with Crippen LogP contribution in [0.4, 0.5) is 4.39 Å². The minimum Gasteiger partial charge on any atom is -0.373 e. The van der Waals surface area contributed by atoms with Crippen LogP contribution in [-0.2, 0) is 4.74 Å². The van der Waals surface area contributed by atoms with E-state index in [1.807, 2.05) is 13.1 Å². The fraction of sp³-hybridized carbons (Fsp3) is 0.571. The summed E-state index contributed by atoms with van der Waals surface area (Å²) in [4.78, 5) is 0. The van der Waals surface area contributed by atoms with Gasteiger partial charge in [0, 0.05) is 11.6 Å². The van der Waals surface area contributed by atoms with Gasteiger partial charge in [0.05, 0.1) is 11.6 Å². The molecule has 0 aromatic heterocycles. The van der Waals surface area contributed by atoms with Crippen molar-refractivity contribution in [2.24, 2.45) is 0 Å². The van der Waals surface area contributed by atoms with Crippen LogP contribution in [0.25, 0.3) is 0 Å². The Kier molecular flexibility index (Phi) is 3.95. The zero-order valence-electron chi connectivity index (χ0n) is 11.0. The average molecular weight is 272 g/mol. The fourth-order valence-corrected chi connectivity index (χ4v) is 2.98. The molecule has 2 nitrogen and oxygen atoms in total. The summed E-state index contributed by atoms with van der Waals surface area (Å²) in [5.74, 6) is -0.268. The highest BCUT2D eigenvalue weighted by atomic mass is 35.5. The Balaban J connectivity index is 2.41. The Morgan fingerprint density at radius 1 is 1.50 bits per heavy atom. The largest absolute Gasteiger partial charge is 0.373 e. The first-order chi connectivity index (χ1) is 8.48. The van der Waals surface area contributed by atoms with Gasteiger partial charge in [-0.15, -0.1) is 0 Å². The molecule has 1 aliphatic heterocycles. The SMILES string of the molecule is CNC(c1cc(C)c(F)cc1Cl)C1(C)CCCO1. The molecule has 2 unspecified atom stereocenters. The lowest BCUT2D eigenvalue weighted by Gasteiger charge is -2.34. The highest BCUT2D eigenvalue weighted by Gasteiger charge is 2.39. The lowest BCUT2D eigenvalue weighted by molar-refractivity contribution is -0.0104. The zero-order valence-corrected chi connectivity index (χ0v) is 11.8. The monoisotopic (exact) mass is 271 g/mol. The summed E-state index contributed by atoms with van der Waals surface area (Å²) in [5.41, 5.74) is 1.24. The smallest absolute Gasteiger partial charge is 0.127 e. The molecule has 0 bridgehead atoms. The van der Waals surface area contributed by atoms with Gasteiger partial charge < -0.3 is 10.1 Å². The second kappa shape index (κ2) is 5.16. The first-order valence-electron chi connectivity index (χ1n) is 6.25. The van der Waals surface area contributed by atoms with E-state index < -0.39 is 0 Å². The molecule has 0 aliphatic carbocycles. The van der Waals surface area contributed by atoms with Crippen molar-refractivity contribution in [1.29, 1.82) is 0 Å². The van der Waals surface area contributed by atoms with Crippen LogP contribution >= 0.6 is 11.6 Å². The second-order valence-corrected chi connectivity index (χ2v) is 5.52. The fourth-order valence-electron chi connectivity index (χ4n) is 2.72. The van der Waals surface area contributed by atoms with E-state index in [1.165, 1.54) is 6.07 Å². The Morgan fingerprint density at radius 3 is 2.78 bits per heavy atom. The summed E-state index contributed by atoms with van der Waals surface area (Å²) < 4.78 is 19.3. The average Bonchev–Trinajstić information content (AvgIpc) is 2.74. The van der Waals surface area contributed by atoms with Crippen molar-refractivity contribution in [2.45, 2.75) is 38.3 Å². The molecular weight excluding hydrogens is 253 g/mol. The molecule has 1 fully saturated rings. The summed E-state index contributed by atoms with van der Waals surface area (Å²) >= 11 is 6.18. The van der Waals surface area contributed by atoms with Crippen molar-refractivity contribution in [3.05, 3.63) is 34.1 Å². The van der Waals surface area contributed by atoms with Crippen molar-refractivity contribution in [3.63, 3.8) is 0 Å². The van der Waals surface area contributed by atoms with E-state index >= 15 is 0 Å². The zero-order chi connectivity index (χ0) is 13.3. The van der Waals surface area contributed by atoms with E-state index in [-0.39, 0.29) is 17.5 Å². The summed E-state index contributed by atoms with van der Waals surface area (Å²) in [7, 11) is 1.88. The van der Waals surface area contributed by atoms with Crippen LogP contribution in [0, 0.1) is 12.7 Å². The molecule has 0 radical (unpaired) electrons. The molecule has 0 saturated carbocycles. The van der Waals surface area contributed by atoms with E-state index in [9.17, 15) is 4.39 Å². The van der Waals surface area contributed by atoms with Crippen molar-refractivity contribution < 1.29 is 9.13 Å². The van der Waals surface area contributed by atoms with Crippen molar-refractivity contribution in [2.75, 3.05) is 13.7 Å². The third-order valence-electron chi connectivity index (χ3n) is 3.74. The standard InChI is InChI=1S/C14H19ClFNO/c1-9-7-10(11(15)8-12(9)16)13(17-3)14(2)5-4-6-18-14/h7-8,13,17H,4-6H2,1-3H3. The van der Waals surface area contributed by atoms with Crippen molar-refractivity contribution in [3.8, 4) is 0 Å². The van der Waals surface area contributed by atoms with Crippen molar-refractivity contribution in [1.82, 2.24) is 5.32 Å². The van der Waals surface area contributed by atoms with Crippen LogP contribution in [0.15, 0.2) is 12.1 Å². The highest BCUT2D eigenvalue weighted by Crippen LogP contribution is 2.40. The van der Waals surface area contributed by atoms with Gasteiger partial charge in [0.1, 0.15) is 5.82 Å². The van der Waals surface area contributed by atoms with Gasteiger partial charge in [0.25, 0.3) is 0 Å². The molecule has 2 atom stereocenters. The van der Waals surface area contributed by atoms with Gasteiger partial charge in [-0.2, -0.15) is 0 Å². The maximum absolute atomic E-state index is 13.5. The lowest BCUT2D eigenvalue weighted by atomic mass is 9.87. The van der Waals surface area contributed by atoms with E-state index in [2.05, 4.69) is 12.2 Å². The third-order valence-corrected chi connectivity index (χ3v) is 4.06. The number of halogens is 2. The molecule has 4 heteroatoms. The molecule has 100 valence electrons. The molecule has 1 heterocycles. The highest BCUT2D eigenvalue weighted by molar-refractivity contribution is 6.31. The molecule has 2 rings (SSSR count). The molecule has 0 amide bonds. The van der Waals surface area contributed by atoms with Crippen LogP contribution in [0.1, 0.15) is 36.9 Å². The number of aryl methyl sites for hydroxylation is 1. The number of nitrogens with one attached hydrogen (secondary N) is 1. The van der Waals surface area contributed by atoms with Crippen LogP contribution in [0.5, 0.6) is 0 Å². The van der Waals surface area contributed by atoms with Crippen LogP contribution in [0.2, 0.25) is 5.02 Å². The number of hydrogen-bond donors (Lipinski definition) is 1. The Labute approximate surface area is 112 Å². The van der Waals surface area contributed by atoms with Crippen LogP contribution < -0.4 is 5.32 Å². The van der Waals surface area contributed by atoms with Crippen LogP contribution in [-0.4, -0.2) is 19.3 Å².